The zero-order chi connectivity index (χ0) is 17.9. The maximum atomic E-state index is 10.0. The van der Waals surface area contributed by atoms with Crippen molar-refractivity contribution in [3.05, 3.63) is 0 Å². The van der Waals surface area contributed by atoms with Crippen LogP contribution in [0.4, 0.5) is 0 Å². The fourth-order valence-electron chi connectivity index (χ4n) is 9.20. The molecule has 0 saturated heterocycles. The molecule has 0 bridgehead atoms. The summed E-state index contributed by atoms with van der Waals surface area (Å²) in [5.41, 5.74) is 1.65. The fraction of sp³-hybridized carbons (Fsp3) is 1.00. The first kappa shape index (κ1) is 18.3. The van der Waals surface area contributed by atoms with Crippen molar-refractivity contribution in [2.24, 2.45) is 45.8 Å². The van der Waals surface area contributed by atoms with E-state index in [2.05, 4.69) is 27.7 Å². The molecule has 0 aromatic rings. The standard InChI is InChI=1S/C24H42O/c1-5-24-14-9-17(2)15-22(24,3)12-10-19-20-8-6-7-18(16-25)23(20,4)13-11-21(19)24/h17-21,25H,5-16H2,1-4H3/t17-,18+,19?,20?,21?,22?,23+,24?/m0/s1. The first-order valence-corrected chi connectivity index (χ1v) is 11.5. The molecule has 4 aliphatic carbocycles. The van der Waals surface area contributed by atoms with Crippen molar-refractivity contribution >= 4 is 0 Å². The third-order valence-corrected chi connectivity index (χ3v) is 10.5. The van der Waals surface area contributed by atoms with Crippen molar-refractivity contribution in [3.8, 4) is 0 Å². The van der Waals surface area contributed by atoms with E-state index in [-0.39, 0.29) is 0 Å². The van der Waals surface area contributed by atoms with Crippen LogP contribution in [0.5, 0.6) is 0 Å². The molecule has 0 heterocycles. The summed E-state index contributed by atoms with van der Waals surface area (Å²) in [6.07, 6.45) is 15.7. The molecule has 8 atom stereocenters. The Bertz CT molecular complexity index is 500. The highest BCUT2D eigenvalue weighted by molar-refractivity contribution is 5.12. The topological polar surface area (TPSA) is 20.2 Å². The fourth-order valence-corrected chi connectivity index (χ4v) is 9.20. The van der Waals surface area contributed by atoms with Gasteiger partial charge in [0.15, 0.2) is 0 Å². The molecule has 4 aliphatic rings. The maximum absolute atomic E-state index is 10.0. The minimum Gasteiger partial charge on any atom is -0.396 e. The predicted molar refractivity (Wildman–Crippen MR) is 105 cm³/mol. The Labute approximate surface area is 156 Å². The minimum atomic E-state index is 0.429. The number of hydrogen-bond donors (Lipinski definition) is 1. The van der Waals surface area contributed by atoms with E-state index in [1.165, 1.54) is 70.6 Å². The van der Waals surface area contributed by atoms with E-state index in [4.69, 9.17) is 0 Å². The van der Waals surface area contributed by atoms with E-state index >= 15 is 0 Å². The van der Waals surface area contributed by atoms with Gasteiger partial charge in [0, 0.05) is 6.61 Å². The monoisotopic (exact) mass is 346 g/mol. The molecule has 1 nitrogen and oxygen atoms in total. The van der Waals surface area contributed by atoms with Crippen LogP contribution >= 0.6 is 0 Å². The third-order valence-electron chi connectivity index (χ3n) is 10.5. The Morgan fingerprint density at radius 1 is 0.920 bits per heavy atom. The lowest BCUT2D eigenvalue weighted by atomic mass is 9.37. The Morgan fingerprint density at radius 3 is 2.44 bits per heavy atom. The molecule has 5 unspecified atom stereocenters. The Kier molecular flexibility index (Phi) is 4.58. The average Bonchev–Trinajstić information content (AvgIpc) is 2.59. The van der Waals surface area contributed by atoms with Crippen LogP contribution in [0.2, 0.25) is 0 Å². The van der Waals surface area contributed by atoms with Gasteiger partial charge in [0.05, 0.1) is 0 Å². The second-order valence-electron chi connectivity index (χ2n) is 11.2. The maximum Gasteiger partial charge on any atom is 0.0464 e. The lowest BCUT2D eigenvalue weighted by Gasteiger charge is -2.68. The van der Waals surface area contributed by atoms with Gasteiger partial charge in [-0.15, -0.1) is 0 Å². The summed E-state index contributed by atoms with van der Waals surface area (Å²) >= 11 is 0. The second kappa shape index (κ2) is 6.25. The Morgan fingerprint density at radius 2 is 1.72 bits per heavy atom. The minimum absolute atomic E-state index is 0.429. The first-order chi connectivity index (χ1) is 11.9. The van der Waals surface area contributed by atoms with Crippen molar-refractivity contribution in [1.29, 1.82) is 0 Å². The number of aliphatic hydroxyl groups excluding tert-OH is 1. The Balaban J connectivity index is 1.68. The summed E-state index contributed by atoms with van der Waals surface area (Å²) in [6.45, 7) is 10.7. The van der Waals surface area contributed by atoms with E-state index in [1.807, 2.05) is 0 Å². The van der Waals surface area contributed by atoms with Crippen LogP contribution in [0, 0.1) is 45.8 Å². The smallest absolute Gasteiger partial charge is 0.0464 e. The highest BCUT2D eigenvalue weighted by Crippen LogP contribution is 2.71. The molecule has 4 saturated carbocycles. The van der Waals surface area contributed by atoms with E-state index in [9.17, 15) is 5.11 Å². The van der Waals surface area contributed by atoms with Crippen LogP contribution in [0.3, 0.4) is 0 Å². The predicted octanol–water partition coefficient (Wildman–Crippen LogP) is 6.44. The molecular weight excluding hydrogens is 304 g/mol. The van der Waals surface area contributed by atoms with Gasteiger partial charge in [0.2, 0.25) is 0 Å². The summed E-state index contributed by atoms with van der Waals surface area (Å²) in [6, 6.07) is 0. The van der Waals surface area contributed by atoms with Gasteiger partial charge in [-0.2, -0.15) is 0 Å². The molecule has 25 heavy (non-hydrogen) atoms. The molecule has 0 aliphatic heterocycles. The van der Waals surface area contributed by atoms with Crippen molar-refractivity contribution < 1.29 is 5.11 Å². The molecular formula is C24H42O. The summed E-state index contributed by atoms with van der Waals surface area (Å²) < 4.78 is 0. The van der Waals surface area contributed by atoms with Crippen LogP contribution in [0.1, 0.15) is 98.3 Å². The molecule has 1 N–H and O–H groups in total. The van der Waals surface area contributed by atoms with Crippen LogP contribution < -0.4 is 0 Å². The lowest BCUT2D eigenvalue weighted by molar-refractivity contribution is -0.189. The van der Waals surface area contributed by atoms with Gasteiger partial charge in [-0.3, -0.25) is 0 Å². The van der Waals surface area contributed by atoms with Gasteiger partial charge in [0.1, 0.15) is 0 Å². The number of rotatable bonds is 2. The molecule has 0 aromatic heterocycles. The number of hydrogen-bond acceptors (Lipinski definition) is 1. The normalized spacial score (nSPS) is 55.8. The quantitative estimate of drug-likeness (QED) is 0.609. The zero-order valence-electron chi connectivity index (χ0n) is 17.3. The Hall–Kier alpha value is -0.0400. The van der Waals surface area contributed by atoms with Crippen molar-refractivity contribution in [1.82, 2.24) is 0 Å². The van der Waals surface area contributed by atoms with Crippen molar-refractivity contribution in [2.75, 3.05) is 6.61 Å². The SMILES string of the molecule is CCC12CC[C@H](C)CC1(C)CCC1C2CC[C@@]2(C)C1CCC[C@@H]2CO. The second-order valence-corrected chi connectivity index (χ2v) is 11.2. The molecule has 1 heteroatoms. The molecule has 4 rings (SSSR count). The summed E-state index contributed by atoms with van der Waals surface area (Å²) in [5.74, 6) is 4.33. The number of fused-ring (bicyclic) bond motifs is 5. The van der Waals surface area contributed by atoms with E-state index in [0.717, 1.165) is 23.7 Å². The molecule has 0 spiro atoms. The molecule has 0 radical (unpaired) electrons. The summed E-state index contributed by atoms with van der Waals surface area (Å²) in [5, 5.41) is 10.0. The molecule has 0 aromatic carbocycles. The van der Waals surface area contributed by atoms with E-state index in [0.29, 0.717) is 28.8 Å². The van der Waals surface area contributed by atoms with Gasteiger partial charge >= 0.3 is 0 Å². The van der Waals surface area contributed by atoms with Crippen LogP contribution in [-0.2, 0) is 0 Å². The van der Waals surface area contributed by atoms with Gasteiger partial charge in [-0.1, -0.05) is 40.5 Å². The lowest BCUT2D eigenvalue weighted by Crippen LogP contribution is -2.60. The van der Waals surface area contributed by atoms with Gasteiger partial charge in [0.25, 0.3) is 0 Å². The summed E-state index contributed by atoms with van der Waals surface area (Å²) in [4.78, 5) is 0. The van der Waals surface area contributed by atoms with Gasteiger partial charge in [-0.05, 0) is 104 Å². The zero-order valence-corrected chi connectivity index (χ0v) is 17.3. The molecule has 4 fully saturated rings. The highest BCUT2D eigenvalue weighted by atomic mass is 16.3. The number of aliphatic hydroxyl groups is 1. The van der Waals surface area contributed by atoms with E-state index in [1.54, 1.807) is 0 Å². The van der Waals surface area contributed by atoms with E-state index < -0.39 is 0 Å². The third kappa shape index (κ3) is 2.43. The van der Waals surface area contributed by atoms with Crippen LogP contribution in [0.15, 0.2) is 0 Å². The molecule has 144 valence electrons. The van der Waals surface area contributed by atoms with Crippen LogP contribution in [-0.4, -0.2) is 11.7 Å². The largest absolute Gasteiger partial charge is 0.396 e. The molecule has 0 amide bonds. The summed E-state index contributed by atoms with van der Waals surface area (Å²) in [7, 11) is 0. The average molecular weight is 347 g/mol. The van der Waals surface area contributed by atoms with Gasteiger partial charge in [-0.25, -0.2) is 0 Å². The van der Waals surface area contributed by atoms with Crippen molar-refractivity contribution in [2.45, 2.75) is 98.3 Å². The highest BCUT2D eigenvalue weighted by Gasteiger charge is 2.63. The van der Waals surface area contributed by atoms with Crippen molar-refractivity contribution in [3.63, 3.8) is 0 Å². The van der Waals surface area contributed by atoms with Crippen LogP contribution in [0.25, 0.3) is 0 Å². The first-order valence-electron chi connectivity index (χ1n) is 11.5. The van der Waals surface area contributed by atoms with Gasteiger partial charge < -0.3 is 5.11 Å².